The Kier molecular flexibility index (Phi) is 10.2. The van der Waals surface area contributed by atoms with Crippen LogP contribution in [0.15, 0.2) is 12.2 Å². The summed E-state index contributed by atoms with van der Waals surface area (Å²) < 4.78 is 10.3. The number of ether oxygens (including phenoxy) is 2. The third kappa shape index (κ3) is 10.5. The van der Waals surface area contributed by atoms with E-state index in [4.69, 9.17) is 9.47 Å². The topological polar surface area (TPSA) is 38.8 Å². The normalized spacial score (nSPS) is 16.7. The van der Waals surface area contributed by atoms with Crippen molar-refractivity contribution in [1.29, 1.82) is 0 Å². The Labute approximate surface area is 130 Å². The largest absolute Gasteiger partial charge is 0.462 e. The van der Waals surface area contributed by atoms with Crippen LogP contribution in [0.1, 0.15) is 77.6 Å². The van der Waals surface area contributed by atoms with E-state index in [1.165, 1.54) is 51.4 Å². The summed E-state index contributed by atoms with van der Waals surface area (Å²) in [4.78, 5) is 11.6. The van der Waals surface area contributed by atoms with E-state index in [1.54, 1.807) is 0 Å². The molecule has 0 bridgehead atoms. The molecule has 3 nitrogen and oxygen atoms in total. The van der Waals surface area contributed by atoms with Gasteiger partial charge in [0.15, 0.2) is 0 Å². The van der Waals surface area contributed by atoms with Crippen LogP contribution in [0.2, 0.25) is 0 Å². The van der Waals surface area contributed by atoms with E-state index in [1.807, 2.05) is 0 Å². The maximum atomic E-state index is 11.6. The minimum absolute atomic E-state index is 0.211. The van der Waals surface area contributed by atoms with Gasteiger partial charge in [-0.3, -0.25) is 0 Å². The number of hydrogen-bond acceptors (Lipinski definition) is 3. The highest BCUT2D eigenvalue weighted by Gasteiger charge is 2.25. The Morgan fingerprint density at radius 3 is 2.10 bits per heavy atom. The summed E-state index contributed by atoms with van der Waals surface area (Å²) in [6.07, 6.45) is 13.7. The van der Waals surface area contributed by atoms with Crippen molar-refractivity contribution in [1.82, 2.24) is 0 Å². The molecule has 0 radical (unpaired) electrons. The van der Waals surface area contributed by atoms with Gasteiger partial charge >= 0.3 is 5.97 Å². The van der Waals surface area contributed by atoms with E-state index in [2.05, 4.69) is 13.5 Å². The number of unbranched alkanes of at least 4 members (excludes halogenated alkanes) is 9. The number of epoxide rings is 1. The minimum Gasteiger partial charge on any atom is -0.462 e. The second kappa shape index (κ2) is 11.8. The van der Waals surface area contributed by atoms with Crippen LogP contribution in [-0.4, -0.2) is 25.3 Å². The van der Waals surface area contributed by atoms with Crippen LogP contribution in [0.5, 0.6) is 0 Å². The zero-order valence-electron chi connectivity index (χ0n) is 13.7. The van der Waals surface area contributed by atoms with E-state index < -0.39 is 0 Å². The molecule has 0 saturated carbocycles. The molecular weight excluding hydrogens is 264 g/mol. The van der Waals surface area contributed by atoms with Crippen LogP contribution in [0, 0.1) is 0 Å². The predicted octanol–water partition coefficient (Wildman–Crippen LogP) is 4.80. The van der Waals surface area contributed by atoms with Crippen molar-refractivity contribution < 1.29 is 14.3 Å². The zero-order valence-corrected chi connectivity index (χ0v) is 13.7. The standard InChI is InChI=1S/C18H32O3/c1-3-4-5-6-7-8-9-10-11-12-13-20-18(19)16(2)14-17-15-21-17/h17H,2-15H2,1H3. The summed E-state index contributed by atoms with van der Waals surface area (Å²) >= 11 is 0. The van der Waals surface area contributed by atoms with Crippen molar-refractivity contribution in [2.45, 2.75) is 83.7 Å². The molecule has 0 N–H and O–H groups in total. The van der Waals surface area contributed by atoms with Crippen molar-refractivity contribution in [2.75, 3.05) is 13.2 Å². The van der Waals surface area contributed by atoms with Crippen LogP contribution in [0.4, 0.5) is 0 Å². The second-order valence-electron chi connectivity index (χ2n) is 6.08. The first-order chi connectivity index (χ1) is 10.2. The van der Waals surface area contributed by atoms with E-state index in [0.29, 0.717) is 18.6 Å². The molecule has 1 rings (SSSR count). The fourth-order valence-electron chi connectivity index (χ4n) is 2.40. The van der Waals surface area contributed by atoms with E-state index >= 15 is 0 Å². The Morgan fingerprint density at radius 1 is 1.05 bits per heavy atom. The summed E-state index contributed by atoms with van der Waals surface area (Å²) in [7, 11) is 0. The molecule has 0 aromatic heterocycles. The van der Waals surface area contributed by atoms with Gasteiger partial charge in [0.25, 0.3) is 0 Å². The number of hydrogen-bond donors (Lipinski definition) is 0. The molecule has 1 heterocycles. The number of carbonyl (C=O) groups is 1. The van der Waals surface area contributed by atoms with Crippen LogP contribution >= 0.6 is 0 Å². The molecule has 0 aromatic rings. The number of carbonyl (C=O) groups excluding carboxylic acids is 1. The van der Waals surface area contributed by atoms with Crippen molar-refractivity contribution in [3.8, 4) is 0 Å². The van der Waals surface area contributed by atoms with Gasteiger partial charge in [0.2, 0.25) is 0 Å². The predicted molar refractivity (Wildman–Crippen MR) is 86.3 cm³/mol. The molecule has 3 heteroatoms. The number of esters is 1. The molecule has 0 aromatic carbocycles. The smallest absolute Gasteiger partial charge is 0.333 e. The lowest BCUT2D eigenvalue weighted by molar-refractivity contribution is -0.139. The zero-order chi connectivity index (χ0) is 15.3. The lowest BCUT2D eigenvalue weighted by atomic mass is 10.1. The van der Waals surface area contributed by atoms with Crippen molar-refractivity contribution in [2.24, 2.45) is 0 Å². The summed E-state index contributed by atoms with van der Waals surface area (Å²) in [6, 6.07) is 0. The minimum atomic E-state index is -0.249. The fourth-order valence-corrected chi connectivity index (χ4v) is 2.40. The summed E-state index contributed by atoms with van der Waals surface area (Å²) in [5.74, 6) is -0.249. The summed E-state index contributed by atoms with van der Waals surface area (Å²) in [5, 5.41) is 0. The first-order valence-electron chi connectivity index (χ1n) is 8.70. The van der Waals surface area contributed by atoms with Gasteiger partial charge in [-0.25, -0.2) is 4.79 Å². The molecule has 0 spiro atoms. The van der Waals surface area contributed by atoms with Gasteiger partial charge in [0, 0.05) is 12.0 Å². The Bertz CT molecular complexity index is 295. The highest BCUT2D eigenvalue weighted by atomic mass is 16.6. The summed E-state index contributed by atoms with van der Waals surface area (Å²) in [5.41, 5.74) is 0.546. The fraction of sp³-hybridized carbons (Fsp3) is 0.833. The molecule has 1 aliphatic heterocycles. The molecule has 1 saturated heterocycles. The third-order valence-electron chi connectivity index (χ3n) is 3.90. The molecule has 21 heavy (non-hydrogen) atoms. The van der Waals surface area contributed by atoms with Crippen molar-refractivity contribution in [3.63, 3.8) is 0 Å². The Morgan fingerprint density at radius 2 is 1.57 bits per heavy atom. The van der Waals surface area contributed by atoms with Crippen molar-refractivity contribution in [3.05, 3.63) is 12.2 Å². The van der Waals surface area contributed by atoms with Crippen LogP contribution in [0.3, 0.4) is 0 Å². The van der Waals surface area contributed by atoms with Gasteiger partial charge < -0.3 is 9.47 Å². The molecule has 0 aliphatic carbocycles. The maximum Gasteiger partial charge on any atom is 0.333 e. The van der Waals surface area contributed by atoms with Gasteiger partial charge in [0.1, 0.15) is 0 Å². The average Bonchev–Trinajstić information content (AvgIpc) is 3.28. The maximum absolute atomic E-state index is 11.6. The molecule has 0 amide bonds. The lowest BCUT2D eigenvalue weighted by Gasteiger charge is -2.06. The van der Waals surface area contributed by atoms with E-state index in [-0.39, 0.29) is 12.1 Å². The van der Waals surface area contributed by atoms with E-state index in [9.17, 15) is 4.79 Å². The first-order valence-corrected chi connectivity index (χ1v) is 8.70. The molecular formula is C18H32O3. The third-order valence-corrected chi connectivity index (χ3v) is 3.90. The molecule has 1 atom stereocenters. The highest BCUT2D eigenvalue weighted by Crippen LogP contribution is 2.18. The average molecular weight is 296 g/mol. The first kappa shape index (κ1) is 18.2. The lowest BCUT2D eigenvalue weighted by Crippen LogP contribution is -2.09. The SMILES string of the molecule is C=C(CC1CO1)C(=O)OCCCCCCCCCCCC. The van der Waals surface area contributed by atoms with Gasteiger partial charge in [0.05, 0.1) is 19.3 Å². The molecule has 1 unspecified atom stereocenters. The number of rotatable bonds is 14. The monoisotopic (exact) mass is 296 g/mol. The second-order valence-corrected chi connectivity index (χ2v) is 6.08. The Hall–Kier alpha value is -0.830. The summed E-state index contributed by atoms with van der Waals surface area (Å²) in [6.45, 7) is 7.28. The van der Waals surface area contributed by atoms with Crippen molar-refractivity contribution >= 4 is 5.97 Å². The molecule has 1 fully saturated rings. The van der Waals surface area contributed by atoms with Gasteiger partial charge in [-0.2, -0.15) is 0 Å². The highest BCUT2D eigenvalue weighted by molar-refractivity contribution is 5.87. The van der Waals surface area contributed by atoms with Gasteiger partial charge in [-0.1, -0.05) is 71.3 Å². The molecule has 1 aliphatic rings. The van der Waals surface area contributed by atoms with Crippen LogP contribution < -0.4 is 0 Å². The van der Waals surface area contributed by atoms with Gasteiger partial charge in [-0.05, 0) is 6.42 Å². The van der Waals surface area contributed by atoms with Crippen LogP contribution in [0.25, 0.3) is 0 Å². The van der Waals surface area contributed by atoms with Gasteiger partial charge in [-0.15, -0.1) is 0 Å². The van der Waals surface area contributed by atoms with Crippen LogP contribution in [-0.2, 0) is 14.3 Å². The van der Waals surface area contributed by atoms with E-state index in [0.717, 1.165) is 19.4 Å². The quantitative estimate of drug-likeness (QED) is 0.200. The molecule has 122 valence electrons. The Balaban J connectivity index is 1.79.